The topological polar surface area (TPSA) is 24.9 Å². The molecule has 0 saturated heterocycles. The smallest absolute Gasteiger partial charge is 0.144 e. The Morgan fingerprint density at radius 3 is 2.29 bits per heavy atom. The molecule has 0 amide bonds. The fraction of sp³-hybridized carbons (Fsp3) is 0. The molecule has 0 unspecified atom stereocenters. The SMILES string of the molecule is Clc1cnc(Nc2c(Br)cccc2Br)c(Br)c1. The Balaban J connectivity index is 2.38. The first kappa shape index (κ1) is 13.3. The zero-order valence-electron chi connectivity index (χ0n) is 8.35. The van der Waals surface area contributed by atoms with Gasteiger partial charge in [-0.2, -0.15) is 0 Å². The second-order valence-electron chi connectivity index (χ2n) is 3.21. The van der Waals surface area contributed by atoms with E-state index in [9.17, 15) is 0 Å². The summed E-state index contributed by atoms with van der Waals surface area (Å²) in [4.78, 5) is 4.22. The van der Waals surface area contributed by atoms with Crippen LogP contribution in [0.4, 0.5) is 11.5 Å². The summed E-state index contributed by atoms with van der Waals surface area (Å²) in [5, 5.41) is 3.82. The molecule has 88 valence electrons. The molecular weight excluding hydrogens is 435 g/mol. The highest BCUT2D eigenvalue weighted by Crippen LogP contribution is 2.34. The summed E-state index contributed by atoms with van der Waals surface area (Å²) in [5.74, 6) is 0.710. The number of pyridine rings is 1. The summed E-state index contributed by atoms with van der Waals surface area (Å²) in [5.41, 5.74) is 0.919. The van der Waals surface area contributed by atoms with Gasteiger partial charge in [0.05, 0.1) is 15.2 Å². The maximum absolute atomic E-state index is 5.84. The van der Waals surface area contributed by atoms with E-state index in [1.807, 2.05) is 18.2 Å². The van der Waals surface area contributed by atoms with E-state index in [0.29, 0.717) is 10.8 Å². The lowest BCUT2D eigenvalue weighted by Crippen LogP contribution is -1.96. The van der Waals surface area contributed by atoms with E-state index >= 15 is 0 Å². The van der Waals surface area contributed by atoms with E-state index in [-0.39, 0.29) is 0 Å². The van der Waals surface area contributed by atoms with Gasteiger partial charge in [0, 0.05) is 15.1 Å². The molecule has 0 atom stereocenters. The van der Waals surface area contributed by atoms with Crippen LogP contribution in [0.3, 0.4) is 0 Å². The van der Waals surface area contributed by atoms with Crippen LogP contribution in [0.1, 0.15) is 0 Å². The van der Waals surface area contributed by atoms with E-state index in [2.05, 4.69) is 58.1 Å². The number of para-hydroxylation sites is 1. The normalized spacial score (nSPS) is 10.4. The number of nitrogens with zero attached hydrogens (tertiary/aromatic N) is 1. The summed E-state index contributed by atoms with van der Waals surface area (Å²) >= 11 is 16.2. The molecule has 1 aromatic carbocycles. The van der Waals surface area contributed by atoms with Crippen molar-refractivity contribution in [1.82, 2.24) is 4.98 Å². The van der Waals surface area contributed by atoms with Crippen molar-refractivity contribution in [2.75, 3.05) is 5.32 Å². The number of benzene rings is 1. The Bertz CT molecular complexity index is 540. The highest BCUT2D eigenvalue weighted by atomic mass is 79.9. The molecule has 2 aromatic rings. The van der Waals surface area contributed by atoms with Gasteiger partial charge in [-0.05, 0) is 66.0 Å². The third-order valence-electron chi connectivity index (χ3n) is 2.01. The molecule has 0 bridgehead atoms. The Kier molecular flexibility index (Phi) is 4.47. The van der Waals surface area contributed by atoms with Gasteiger partial charge in [-0.15, -0.1) is 0 Å². The van der Waals surface area contributed by atoms with Gasteiger partial charge in [0.2, 0.25) is 0 Å². The van der Waals surface area contributed by atoms with Crippen molar-refractivity contribution < 1.29 is 0 Å². The van der Waals surface area contributed by atoms with Gasteiger partial charge in [-0.25, -0.2) is 4.98 Å². The minimum absolute atomic E-state index is 0.591. The Labute approximate surface area is 129 Å². The van der Waals surface area contributed by atoms with Crippen LogP contribution in [0.5, 0.6) is 0 Å². The summed E-state index contributed by atoms with van der Waals surface area (Å²) in [6, 6.07) is 7.65. The molecule has 0 aliphatic heterocycles. The van der Waals surface area contributed by atoms with Crippen LogP contribution < -0.4 is 5.32 Å². The summed E-state index contributed by atoms with van der Waals surface area (Å²) < 4.78 is 2.72. The molecule has 0 fully saturated rings. The van der Waals surface area contributed by atoms with Crippen LogP contribution in [-0.2, 0) is 0 Å². The highest BCUT2D eigenvalue weighted by molar-refractivity contribution is 9.11. The van der Waals surface area contributed by atoms with Crippen molar-refractivity contribution in [3.8, 4) is 0 Å². The van der Waals surface area contributed by atoms with Gasteiger partial charge in [-0.1, -0.05) is 17.7 Å². The van der Waals surface area contributed by atoms with Crippen LogP contribution in [0, 0.1) is 0 Å². The molecule has 0 saturated carbocycles. The van der Waals surface area contributed by atoms with Crippen molar-refractivity contribution in [2.45, 2.75) is 0 Å². The number of aromatic nitrogens is 1. The monoisotopic (exact) mass is 438 g/mol. The van der Waals surface area contributed by atoms with Crippen molar-refractivity contribution in [3.05, 3.63) is 48.9 Å². The lowest BCUT2D eigenvalue weighted by atomic mass is 10.3. The minimum Gasteiger partial charge on any atom is -0.337 e. The van der Waals surface area contributed by atoms with Gasteiger partial charge in [-0.3, -0.25) is 0 Å². The third kappa shape index (κ3) is 3.22. The lowest BCUT2D eigenvalue weighted by Gasteiger charge is -2.11. The maximum Gasteiger partial charge on any atom is 0.144 e. The van der Waals surface area contributed by atoms with E-state index < -0.39 is 0 Å². The highest BCUT2D eigenvalue weighted by Gasteiger charge is 2.08. The van der Waals surface area contributed by atoms with Gasteiger partial charge < -0.3 is 5.32 Å². The van der Waals surface area contributed by atoms with Gasteiger partial charge in [0.1, 0.15) is 5.82 Å². The van der Waals surface area contributed by atoms with Crippen molar-refractivity contribution in [2.24, 2.45) is 0 Å². The first-order chi connectivity index (χ1) is 8.08. The zero-order valence-corrected chi connectivity index (χ0v) is 13.9. The minimum atomic E-state index is 0.591. The average molecular weight is 441 g/mol. The number of hydrogen-bond donors (Lipinski definition) is 1. The Morgan fingerprint density at radius 1 is 1.06 bits per heavy atom. The van der Waals surface area contributed by atoms with E-state index in [0.717, 1.165) is 19.1 Å². The van der Waals surface area contributed by atoms with Crippen molar-refractivity contribution >= 4 is 70.9 Å². The van der Waals surface area contributed by atoms with Gasteiger partial charge in [0.15, 0.2) is 0 Å². The molecule has 17 heavy (non-hydrogen) atoms. The van der Waals surface area contributed by atoms with Crippen LogP contribution in [0.15, 0.2) is 43.9 Å². The van der Waals surface area contributed by atoms with Crippen LogP contribution in [-0.4, -0.2) is 4.98 Å². The molecule has 6 heteroatoms. The fourth-order valence-corrected chi connectivity index (χ4v) is 3.18. The first-order valence-corrected chi connectivity index (χ1v) is 7.35. The molecular formula is C11H6Br3ClN2. The molecule has 0 aliphatic rings. The quantitative estimate of drug-likeness (QED) is 0.641. The largest absolute Gasteiger partial charge is 0.337 e. The third-order valence-corrected chi connectivity index (χ3v) is 4.15. The van der Waals surface area contributed by atoms with E-state index in [1.165, 1.54) is 0 Å². The first-order valence-electron chi connectivity index (χ1n) is 4.60. The lowest BCUT2D eigenvalue weighted by molar-refractivity contribution is 1.28. The predicted molar refractivity (Wildman–Crippen MR) is 82.1 cm³/mol. The fourth-order valence-electron chi connectivity index (χ4n) is 1.24. The van der Waals surface area contributed by atoms with Crippen molar-refractivity contribution in [3.63, 3.8) is 0 Å². The number of hydrogen-bond acceptors (Lipinski definition) is 2. The summed E-state index contributed by atoms with van der Waals surface area (Å²) in [6.07, 6.45) is 1.60. The van der Waals surface area contributed by atoms with Gasteiger partial charge >= 0.3 is 0 Å². The molecule has 0 radical (unpaired) electrons. The standard InChI is InChI=1S/C11H6Br3ClN2/c12-7-2-1-3-8(13)10(7)17-11-9(14)4-6(15)5-16-11/h1-5H,(H,16,17). The predicted octanol–water partition coefficient (Wildman–Crippen LogP) is 5.77. The number of anilines is 2. The Hall–Kier alpha value is -0.100. The number of nitrogens with one attached hydrogen (secondary N) is 1. The average Bonchev–Trinajstić information content (AvgIpc) is 2.26. The number of rotatable bonds is 2. The van der Waals surface area contributed by atoms with E-state index in [4.69, 9.17) is 11.6 Å². The zero-order chi connectivity index (χ0) is 12.4. The Morgan fingerprint density at radius 2 is 1.71 bits per heavy atom. The molecule has 0 aliphatic carbocycles. The second kappa shape index (κ2) is 5.69. The van der Waals surface area contributed by atoms with Crippen LogP contribution in [0.25, 0.3) is 0 Å². The maximum atomic E-state index is 5.84. The summed E-state index contributed by atoms with van der Waals surface area (Å²) in [7, 11) is 0. The second-order valence-corrected chi connectivity index (χ2v) is 6.21. The molecule has 1 N–H and O–H groups in total. The van der Waals surface area contributed by atoms with E-state index in [1.54, 1.807) is 12.3 Å². The van der Waals surface area contributed by atoms with Crippen LogP contribution >= 0.6 is 59.4 Å². The molecule has 2 nitrogen and oxygen atoms in total. The molecule has 1 aromatic heterocycles. The van der Waals surface area contributed by atoms with Crippen LogP contribution in [0.2, 0.25) is 5.02 Å². The van der Waals surface area contributed by atoms with Crippen molar-refractivity contribution in [1.29, 1.82) is 0 Å². The molecule has 1 heterocycles. The summed E-state index contributed by atoms with van der Waals surface area (Å²) in [6.45, 7) is 0. The van der Waals surface area contributed by atoms with Gasteiger partial charge in [0.25, 0.3) is 0 Å². The number of halogens is 4. The molecule has 0 spiro atoms. The molecule has 2 rings (SSSR count).